The second kappa shape index (κ2) is 7.92. The maximum absolute atomic E-state index is 14.3. The zero-order valence-electron chi connectivity index (χ0n) is 16.6. The van der Waals surface area contributed by atoms with Crippen LogP contribution in [0.3, 0.4) is 0 Å². The molecule has 31 heavy (non-hydrogen) atoms. The first-order valence-electron chi connectivity index (χ1n) is 10.0. The molecular formula is C22H20F2N6O. The normalized spacial score (nSPS) is 15.5. The Morgan fingerprint density at radius 1 is 0.968 bits per heavy atom. The van der Waals surface area contributed by atoms with E-state index in [9.17, 15) is 13.6 Å². The van der Waals surface area contributed by atoms with Gasteiger partial charge in [-0.05, 0) is 24.3 Å². The summed E-state index contributed by atoms with van der Waals surface area (Å²) in [4.78, 5) is 23.5. The van der Waals surface area contributed by atoms with Gasteiger partial charge in [0, 0.05) is 38.3 Å². The number of anilines is 3. The number of rotatable bonds is 4. The molecule has 4 heterocycles. The summed E-state index contributed by atoms with van der Waals surface area (Å²) in [5.41, 5.74) is 2.13. The van der Waals surface area contributed by atoms with Crippen LogP contribution in [0.2, 0.25) is 0 Å². The number of hydrogen-bond acceptors (Lipinski definition) is 6. The van der Waals surface area contributed by atoms with Gasteiger partial charge in [0.1, 0.15) is 17.5 Å². The van der Waals surface area contributed by atoms with E-state index in [4.69, 9.17) is 0 Å². The van der Waals surface area contributed by atoms with E-state index in [0.29, 0.717) is 22.6 Å². The minimum atomic E-state index is -0.722. The van der Waals surface area contributed by atoms with Gasteiger partial charge in [0.25, 0.3) is 5.91 Å². The first kappa shape index (κ1) is 19.4. The predicted octanol–water partition coefficient (Wildman–Crippen LogP) is 2.82. The molecule has 2 aliphatic rings. The van der Waals surface area contributed by atoms with E-state index in [1.165, 1.54) is 24.4 Å². The first-order chi connectivity index (χ1) is 15.1. The van der Waals surface area contributed by atoms with Crippen molar-refractivity contribution in [2.45, 2.75) is 6.54 Å². The van der Waals surface area contributed by atoms with Gasteiger partial charge in [-0.25, -0.2) is 13.8 Å². The van der Waals surface area contributed by atoms with Crippen LogP contribution in [-0.2, 0) is 6.54 Å². The lowest BCUT2D eigenvalue weighted by molar-refractivity contribution is 0.0966. The van der Waals surface area contributed by atoms with Crippen LogP contribution < -0.4 is 20.9 Å². The van der Waals surface area contributed by atoms with Gasteiger partial charge in [0.05, 0.1) is 40.6 Å². The number of carbonyl (C=O) groups is 1. The number of benzene rings is 1. The van der Waals surface area contributed by atoms with Crippen LogP contribution in [0.15, 0.2) is 42.7 Å². The molecule has 5 rings (SSSR count). The van der Waals surface area contributed by atoms with Gasteiger partial charge in [-0.1, -0.05) is 6.07 Å². The predicted molar refractivity (Wildman–Crippen MR) is 113 cm³/mol. The van der Waals surface area contributed by atoms with Crippen LogP contribution >= 0.6 is 0 Å². The van der Waals surface area contributed by atoms with Crippen LogP contribution in [0, 0.1) is 11.6 Å². The summed E-state index contributed by atoms with van der Waals surface area (Å²) in [7, 11) is 0. The molecular weight excluding hydrogens is 402 g/mol. The number of hydrogen-bond donors (Lipinski definition) is 3. The highest BCUT2D eigenvalue weighted by Crippen LogP contribution is 2.35. The molecule has 0 aliphatic carbocycles. The monoisotopic (exact) mass is 422 g/mol. The van der Waals surface area contributed by atoms with E-state index in [-0.39, 0.29) is 23.7 Å². The number of aromatic nitrogens is 2. The fourth-order valence-electron chi connectivity index (χ4n) is 3.98. The molecule has 1 fully saturated rings. The Bertz CT molecular complexity index is 1130. The highest BCUT2D eigenvalue weighted by Gasteiger charge is 2.29. The van der Waals surface area contributed by atoms with Crippen molar-refractivity contribution in [3.8, 4) is 11.3 Å². The summed E-state index contributed by atoms with van der Waals surface area (Å²) >= 11 is 0. The zero-order chi connectivity index (χ0) is 21.4. The number of piperazine rings is 1. The van der Waals surface area contributed by atoms with Crippen LogP contribution in [0.1, 0.15) is 15.9 Å². The molecule has 0 radical (unpaired) electrons. The molecule has 9 heteroatoms. The Morgan fingerprint density at radius 2 is 1.74 bits per heavy atom. The van der Waals surface area contributed by atoms with Gasteiger partial charge >= 0.3 is 0 Å². The fraction of sp³-hybridized carbons (Fsp3) is 0.227. The van der Waals surface area contributed by atoms with E-state index in [0.717, 1.165) is 31.9 Å². The van der Waals surface area contributed by atoms with E-state index < -0.39 is 11.6 Å². The first-order valence-corrected chi connectivity index (χ1v) is 10.0. The Balaban J connectivity index is 1.47. The summed E-state index contributed by atoms with van der Waals surface area (Å²) in [6.45, 7) is 3.85. The largest absolute Gasteiger partial charge is 0.368 e. The average Bonchev–Trinajstić information content (AvgIpc) is 3.18. The minimum absolute atomic E-state index is 0.122. The van der Waals surface area contributed by atoms with Crippen molar-refractivity contribution in [1.29, 1.82) is 0 Å². The van der Waals surface area contributed by atoms with Gasteiger partial charge < -0.3 is 20.9 Å². The van der Waals surface area contributed by atoms with Crippen molar-refractivity contribution in [3.05, 3.63) is 65.5 Å². The van der Waals surface area contributed by atoms with Crippen molar-refractivity contribution in [3.63, 3.8) is 0 Å². The summed E-state index contributed by atoms with van der Waals surface area (Å²) in [6.07, 6.45) is 3.20. The summed E-state index contributed by atoms with van der Waals surface area (Å²) in [5.74, 6) is -1.22. The van der Waals surface area contributed by atoms with Gasteiger partial charge in [-0.3, -0.25) is 9.78 Å². The van der Waals surface area contributed by atoms with Gasteiger partial charge in [0.15, 0.2) is 0 Å². The van der Waals surface area contributed by atoms with Crippen molar-refractivity contribution in [1.82, 2.24) is 20.6 Å². The summed E-state index contributed by atoms with van der Waals surface area (Å²) < 4.78 is 28.6. The number of fused-ring (bicyclic) bond motifs is 1. The Hall–Kier alpha value is -3.59. The van der Waals surface area contributed by atoms with Crippen LogP contribution in [0.4, 0.5) is 26.0 Å². The maximum Gasteiger partial charge on any atom is 0.254 e. The van der Waals surface area contributed by atoms with Gasteiger partial charge in [0.2, 0.25) is 0 Å². The molecule has 0 saturated carbocycles. The Labute approximate surface area is 177 Å². The maximum atomic E-state index is 14.3. The van der Waals surface area contributed by atoms with Crippen molar-refractivity contribution in [2.24, 2.45) is 0 Å². The third-order valence-electron chi connectivity index (χ3n) is 5.52. The van der Waals surface area contributed by atoms with Crippen molar-refractivity contribution >= 4 is 23.1 Å². The van der Waals surface area contributed by atoms with E-state index in [1.807, 2.05) is 12.1 Å². The quantitative estimate of drug-likeness (QED) is 0.600. The number of nitrogens with one attached hydrogen (secondary N) is 3. The van der Waals surface area contributed by atoms with Crippen molar-refractivity contribution in [2.75, 3.05) is 36.4 Å². The molecule has 0 unspecified atom stereocenters. The highest BCUT2D eigenvalue weighted by atomic mass is 19.1. The molecule has 3 aromatic rings. The molecule has 7 nitrogen and oxygen atoms in total. The van der Waals surface area contributed by atoms with E-state index >= 15 is 0 Å². The average molecular weight is 422 g/mol. The number of amides is 1. The lowest BCUT2D eigenvalue weighted by Gasteiger charge is -2.29. The fourth-order valence-corrected chi connectivity index (χ4v) is 3.98. The highest BCUT2D eigenvalue weighted by molar-refractivity contribution is 6.05. The van der Waals surface area contributed by atoms with Crippen LogP contribution in [0.25, 0.3) is 11.3 Å². The Morgan fingerprint density at radius 3 is 2.45 bits per heavy atom. The van der Waals surface area contributed by atoms with E-state index in [2.05, 4.69) is 30.8 Å². The summed E-state index contributed by atoms with van der Waals surface area (Å²) in [6, 6.07) is 7.45. The SMILES string of the molecule is O=C1NCc2c(-c3c(F)cccc3F)ncc(Nc3ccc(N4CCNCC4)cn3)c21. The lowest BCUT2D eigenvalue weighted by atomic mass is 10.0. The molecule has 0 spiro atoms. The van der Waals surface area contributed by atoms with Gasteiger partial charge in [-0.2, -0.15) is 0 Å². The number of halogens is 2. The smallest absolute Gasteiger partial charge is 0.254 e. The second-order valence-electron chi connectivity index (χ2n) is 7.42. The van der Waals surface area contributed by atoms with E-state index in [1.54, 1.807) is 6.20 Å². The minimum Gasteiger partial charge on any atom is -0.368 e. The molecule has 0 atom stereocenters. The molecule has 0 bridgehead atoms. The Kier molecular flexibility index (Phi) is 4.95. The topological polar surface area (TPSA) is 82.2 Å². The standard InChI is InChI=1S/C22H20F2N6O/c23-15-2-1-3-16(24)20(15)21-14-11-28-22(31)19(14)17(12-27-21)29-18-5-4-13(10-26-18)30-8-6-25-7-9-30/h1-5,10,12,25H,6-9,11H2,(H,26,29)(H,28,31). The third kappa shape index (κ3) is 3.57. The van der Waals surface area contributed by atoms with Crippen molar-refractivity contribution < 1.29 is 13.6 Å². The zero-order valence-corrected chi connectivity index (χ0v) is 16.6. The molecule has 1 amide bonds. The lowest BCUT2D eigenvalue weighted by Crippen LogP contribution is -2.43. The second-order valence-corrected chi connectivity index (χ2v) is 7.42. The third-order valence-corrected chi connectivity index (χ3v) is 5.52. The molecule has 2 aliphatic heterocycles. The molecule has 158 valence electrons. The molecule has 1 saturated heterocycles. The molecule has 1 aromatic carbocycles. The number of carbonyl (C=O) groups excluding carboxylic acids is 1. The summed E-state index contributed by atoms with van der Waals surface area (Å²) in [5, 5.41) is 9.15. The van der Waals surface area contributed by atoms with Gasteiger partial charge in [-0.15, -0.1) is 0 Å². The molecule has 2 aromatic heterocycles. The number of pyridine rings is 2. The van der Waals surface area contributed by atoms with Crippen LogP contribution in [-0.4, -0.2) is 42.1 Å². The molecule has 3 N–H and O–H groups in total. The number of nitrogens with zero attached hydrogens (tertiary/aromatic N) is 3. The van der Waals surface area contributed by atoms with Crippen LogP contribution in [0.5, 0.6) is 0 Å².